The molecule has 4 heterocycles. The number of hydrogen-bond donors (Lipinski definition) is 1. The molecule has 4 unspecified atom stereocenters. The molecule has 49 heavy (non-hydrogen) atoms. The van der Waals surface area contributed by atoms with E-state index in [9.17, 15) is 9.59 Å². The van der Waals surface area contributed by atoms with Gasteiger partial charge in [0.25, 0.3) is 5.91 Å². The molecule has 2 saturated heterocycles. The number of aromatic nitrogens is 1. The zero-order chi connectivity index (χ0) is 34.4. The maximum absolute atomic E-state index is 15.1. The van der Waals surface area contributed by atoms with E-state index in [1.54, 1.807) is 35.1 Å². The molecule has 2 saturated carbocycles. The summed E-state index contributed by atoms with van der Waals surface area (Å²) in [7, 11) is 7.30. The Kier molecular flexibility index (Phi) is 7.67. The molecule has 4 fully saturated rings. The van der Waals surface area contributed by atoms with Gasteiger partial charge in [-0.2, -0.15) is 0 Å². The summed E-state index contributed by atoms with van der Waals surface area (Å²) in [6.45, 7) is 5.95. The number of nitrogens with one attached hydrogen (secondary N) is 1. The number of ether oxygens (including phenoxy) is 1. The van der Waals surface area contributed by atoms with Crippen LogP contribution in [0.1, 0.15) is 98.5 Å². The van der Waals surface area contributed by atoms with Crippen molar-refractivity contribution in [1.82, 2.24) is 24.6 Å². The molecule has 2 aromatic carbocycles. The lowest BCUT2D eigenvalue weighted by molar-refractivity contribution is -0.143. The number of carbonyl (C=O) groups is 3. The molecule has 4 atom stereocenters. The molecule has 3 aliphatic heterocycles. The first-order chi connectivity index (χ1) is 23.4. The first kappa shape index (κ1) is 32.4. The van der Waals surface area contributed by atoms with E-state index in [1.165, 1.54) is 51.9 Å². The minimum atomic E-state index is -1.06. The van der Waals surface area contributed by atoms with Crippen LogP contribution in [0.3, 0.4) is 0 Å². The van der Waals surface area contributed by atoms with Crippen LogP contribution < -0.4 is 10.1 Å². The molecule has 5 aliphatic rings. The van der Waals surface area contributed by atoms with Crippen molar-refractivity contribution in [1.29, 1.82) is 0 Å². The Morgan fingerprint density at radius 2 is 1.67 bits per heavy atom. The van der Waals surface area contributed by atoms with Crippen molar-refractivity contribution >= 4 is 28.6 Å². The molecule has 9 heteroatoms. The van der Waals surface area contributed by atoms with Crippen molar-refractivity contribution < 1.29 is 19.1 Å². The number of benzene rings is 2. The second-order valence-corrected chi connectivity index (χ2v) is 16.4. The third-order valence-electron chi connectivity index (χ3n) is 12.5. The van der Waals surface area contributed by atoms with E-state index in [-0.39, 0.29) is 29.8 Å². The van der Waals surface area contributed by atoms with Gasteiger partial charge in [0.05, 0.1) is 18.2 Å². The summed E-state index contributed by atoms with van der Waals surface area (Å²) in [5.41, 5.74) is 4.90. The summed E-state index contributed by atoms with van der Waals surface area (Å²) in [6.07, 6.45) is 8.91. The Hall–Kier alpha value is -3.85. The van der Waals surface area contributed by atoms with E-state index < -0.39 is 11.0 Å². The van der Waals surface area contributed by atoms with Crippen LogP contribution in [0.2, 0.25) is 0 Å². The maximum Gasteiger partial charge on any atom is 0.252 e. The Balaban J connectivity index is 1.30. The standard InChI is InChI=1S/C40H51N5O4/c1-39(2,37(47)42(3)4)41-36(46)25-12-16-30-33(18-25)44-23-40(38(48)45-26-13-14-27(45)22-43(5)21-26)20-32(40)31-19-28(49-6)15-17-29(31)35(44)34(30)24-10-8-7-9-11-24/h12,15-19,24,26-27,32H,7-11,13-14,20-23H2,1-6H3,(H,41,46). The van der Waals surface area contributed by atoms with E-state index in [2.05, 4.69) is 51.0 Å². The number of fused-ring (bicyclic) bond motifs is 9. The quantitative estimate of drug-likeness (QED) is 0.362. The molecule has 0 radical (unpaired) electrons. The molecule has 9 nitrogen and oxygen atoms in total. The van der Waals surface area contributed by atoms with Gasteiger partial charge in [-0.05, 0) is 100 Å². The Labute approximate surface area is 289 Å². The van der Waals surface area contributed by atoms with E-state index in [1.807, 2.05) is 12.1 Å². The van der Waals surface area contributed by atoms with Crippen molar-refractivity contribution in [3.05, 3.63) is 53.1 Å². The second kappa shape index (κ2) is 11.6. The predicted octanol–water partition coefficient (Wildman–Crippen LogP) is 5.75. The van der Waals surface area contributed by atoms with Crippen LogP contribution in [0.4, 0.5) is 0 Å². The number of amides is 3. The molecule has 260 valence electrons. The first-order valence-corrected chi connectivity index (χ1v) is 18.3. The highest BCUT2D eigenvalue weighted by molar-refractivity contribution is 6.03. The topological polar surface area (TPSA) is 87.1 Å². The highest BCUT2D eigenvalue weighted by Crippen LogP contribution is 2.66. The zero-order valence-electron chi connectivity index (χ0n) is 30.0. The first-order valence-electron chi connectivity index (χ1n) is 18.3. The lowest BCUT2D eigenvalue weighted by Crippen LogP contribution is -2.57. The summed E-state index contributed by atoms with van der Waals surface area (Å²) in [6, 6.07) is 13.1. The van der Waals surface area contributed by atoms with Crippen LogP contribution >= 0.6 is 0 Å². The molecule has 2 aliphatic carbocycles. The highest BCUT2D eigenvalue weighted by Gasteiger charge is 2.65. The van der Waals surface area contributed by atoms with Crippen LogP contribution in [0, 0.1) is 5.41 Å². The van der Waals surface area contributed by atoms with Gasteiger partial charge >= 0.3 is 0 Å². The van der Waals surface area contributed by atoms with E-state index in [4.69, 9.17) is 4.74 Å². The van der Waals surface area contributed by atoms with Crippen molar-refractivity contribution in [3.63, 3.8) is 0 Å². The van der Waals surface area contributed by atoms with Gasteiger partial charge in [0, 0.05) is 73.8 Å². The van der Waals surface area contributed by atoms with Crippen LogP contribution in [-0.2, 0) is 16.1 Å². The number of likely N-dealkylation sites (tertiary alicyclic amines) is 1. The molecule has 1 aromatic heterocycles. The predicted molar refractivity (Wildman–Crippen MR) is 191 cm³/mol. The molecule has 3 amide bonds. The molecule has 3 aromatic rings. The third kappa shape index (κ3) is 5.09. The van der Waals surface area contributed by atoms with Gasteiger partial charge in [0.2, 0.25) is 11.8 Å². The summed E-state index contributed by atoms with van der Waals surface area (Å²) >= 11 is 0. The van der Waals surface area contributed by atoms with Crippen LogP contribution in [0.5, 0.6) is 5.75 Å². The number of piperazine rings is 1. The van der Waals surface area contributed by atoms with Gasteiger partial charge < -0.3 is 29.3 Å². The van der Waals surface area contributed by atoms with Gasteiger partial charge in [0.15, 0.2) is 0 Å². The number of methoxy groups -OCH3 is 1. The minimum Gasteiger partial charge on any atom is -0.497 e. The molecule has 0 spiro atoms. The minimum absolute atomic E-state index is 0.114. The summed E-state index contributed by atoms with van der Waals surface area (Å²) < 4.78 is 8.20. The molecular weight excluding hydrogens is 614 g/mol. The Morgan fingerprint density at radius 3 is 2.35 bits per heavy atom. The average molecular weight is 666 g/mol. The third-order valence-corrected chi connectivity index (χ3v) is 12.5. The molecule has 8 rings (SSSR count). The number of nitrogens with zero attached hydrogens (tertiary/aromatic N) is 4. The zero-order valence-corrected chi connectivity index (χ0v) is 30.0. The van der Waals surface area contributed by atoms with Gasteiger partial charge in [-0.15, -0.1) is 0 Å². The van der Waals surface area contributed by atoms with Gasteiger partial charge in [-0.3, -0.25) is 14.4 Å². The Bertz CT molecular complexity index is 1840. The number of likely N-dealkylation sites (N-methyl/N-ethyl adjacent to an activating group) is 2. The van der Waals surface area contributed by atoms with Crippen LogP contribution in [-0.4, -0.2) is 96.0 Å². The van der Waals surface area contributed by atoms with Gasteiger partial charge in [0.1, 0.15) is 11.3 Å². The van der Waals surface area contributed by atoms with Crippen LogP contribution in [0.25, 0.3) is 22.2 Å². The van der Waals surface area contributed by atoms with E-state index in [0.717, 1.165) is 56.5 Å². The van der Waals surface area contributed by atoms with Crippen molar-refractivity contribution in [3.8, 4) is 17.0 Å². The number of hydrogen-bond acceptors (Lipinski definition) is 5. The lowest BCUT2D eigenvalue weighted by Gasteiger charge is -2.41. The maximum atomic E-state index is 15.1. The molecule has 1 N–H and O–H groups in total. The SMILES string of the molecule is COc1ccc2c(c1)C1CC1(C(=O)N1C3CCC1CN(C)C3)Cn1c-2c(C2CCCCC2)c2ccc(C(=O)NC(C)(C)C(=O)N(C)C)cc21. The monoisotopic (exact) mass is 665 g/mol. The van der Waals surface area contributed by atoms with E-state index >= 15 is 4.79 Å². The number of carbonyl (C=O) groups excluding carboxylic acids is 3. The normalized spacial score (nSPS) is 26.4. The largest absolute Gasteiger partial charge is 0.497 e. The fourth-order valence-electron chi connectivity index (χ4n) is 10.1. The fraction of sp³-hybridized carbons (Fsp3) is 0.575. The van der Waals surface area contributed by atoms with Gasteiger partial charge in [-0.25, -0.2) is 0 Å². The Morgan fingerprint density at radius 1 is 0.959 bits per heavy atom. The molecule has 2 bridgehead atoms. The highest BCUT2D eigenvalue weighted by atomic mass is 16.5. The van der Waals surface area contributed by atoms with Crippen molar-refractivity contribution in [2.24, 2.45) is 5.41 Å². The lowest BCUT2D eigenvalue weighted by atomic mass is 9.81. The van der Waals surface area contributed by atoms with Crippen LogP contribution in [0.15, 0.2) is 36.4 Å². The number of rotatable bonds is 6. The summed E-state index contributed by atoms with van der Waals surface area (Å²) in [4.78, 5) is 48.0. The van der Waals surface area contributed by atoms with E-state index in [0.29, 0.717) is 23.9 Å². The fourth-order valence-corrected chi connectivity index (χ4v) is 10.1. The van der Waals surface area contributed by atoms with Crippen molar-refractivity contribution in [2.45, 2.75) is 101 Å². The van der Waals surface area contributed by atoms with Gasteiger partial charge in [-0.1, -0.05) is 25.3 Å². The summed E-state index contributed by atoms with van der Waals surface area (Å²) in [5, 5.41) is 4.17. The molecular formula is C40H51N5O4. The van der Waals surface area contributed by atoms with Crippen molar-refractivity contribution in [2.75, 3.05) is 41.3 Å². The summed E-state index contributed by atoms with van der Waals surface area (Å²) in [5.74, 6) is 1.21. The smallest absolute Gasteiger partial charge is 0.252 e. The average Bonchev–Trinajstić information content (AvgIpc) is 3.67. The second-order valence-electron chi connectivity index (χ2n) is 16.4.